The largest absolute Gasteiger partial charge is 0.491 e. The highest BCUT2D eigenvalue weighted by atomic mass is 16.5. The third-order valence-corrected chi connectivity index (χ3v) is 5.17. The molecular formula is C23H38N4O3. The van der Waals surface area contributed by atoms with Gasteiger partial charge in [0, 0.05) is 44.8 Å². The van der Waals surface area contributed by atoms with Crippen LogP contribution in [-0.4, -0.2) is 62.3 Å². The molecule has 1 heterocycles. The van der Waals surface area contributed by atoms with Gasteiger partial charge < -0.3 is 25.0 Å². The van der Waals surface area contributed by atoms with Gasteiger partial charge >= 0.3 is 0 Å². The fourth-order valence-electron chi connectivity index (χ4n) is 3.41. The Morgan fingerprint density at radius 2 is 2.07 bits per heavy atom. The van der Waals surface area contributed by atoms with Gasteiger partial charge in [-0.2, -0.15) is 0 Å². The van der Waals surface area contributed by atoms with Crippen molar-refractivity contribution in [3.8, 4) is 5.75 Å². The first kappa shape index (κ1) is 24.0. The van der Waals surface area contributed by atoms with Crippen LogP contribution in [-0.2, 0) is 16.1 Å². The number of carbonyl (C=O) groups excluding carboxylic acids is 1. The van der Waals surface area contributed by atoms with Crippen molar-refractivity contribution >= 4 is 11.9 Å². The second kappa shape index (κ2) is 13.1. The van der Waals surface area contributed by atoms with E-state index < -0.39 is 0 Å². The summed E-state index contributed by atoms with van der Waals surface area (Å²) in [4.78, 5) is 18.7. The molecule has 168 valence electrons. The lowest BCUT2D eigenvalue weighted by Gasteiger charge is -2.19. The summed E-state index contributed by atoms with van der Waals surface area (Å²) < 4.78 is 11.7. The Hall–Kier alpha value is -2.28. The molecule has 1 aliphatic heterocycles. The van der Waals surface area contributed by atoms with E-state index in [1.165, 1.54) is 0 Å². The summed E-state index contributed by atoms with van der Waals surface area (Å²) >= 11 is 0. The molecule has 1 aromatic rings. The predicted octanol–water partition coefficient (Wildman–Crippen LogP) is 2.87. The maximum Gasteiger partial charge on any atom is 0.224 e. The zero-order valence-electron chi connectivity index (χ0n) is 19.0. The van der Waals surface area contributed by atoms with Crippen LogP contribution in [0.3, 0.4) is 0 Å². The third-order valence-electron chi connectivity index (χ3n) is 5.17. The molecule has 1 fully saturated rings. The van der Waals surface area contributed by atoms with Crippen LogP contribution in [0.15, 0.2) is 23.2 Å². The number of aryl methyl sites for hydroxylation is 1. The topological polar surface area (TPSA) is 75.2 Å². The Labute approximate surface area is 181 Å². The number of aliphatic imine (C=N–C) groups is 1. The molecule has 0 aliphatic carbocycles. The molecule has 0 aromatic heterocycles. The molecule has 0 spiro atoms. The highest BCUT2D eigenvalue weighted by Gasteiger charge is 2.17. The molecule has 1 unspecified atom stereocenters. The van der Waals surface area contributed by atoms with Gasteiger partial charge in [-0.15, -0.1) is 0 Å². The van der Waals surface area contributed by atoms with Gasteiger partial charge in [0.2, 0.25) is 5.91 Å². The number of benzene rings is 1. The zero-order chi connectivity index (χ0) is 21.8. The minimum atomic E-state index is 0.159. The van der Waals surface area contributed by atoms with Gasteiger partial charge in [0.1, 0.15) is 12.4 Å². The van der Waals surface area contributed by atoms with Crippen LogP contribution in [0.4, 0.5) is 0 Å². The van der Waals surface area contributed by atoms with Crippen LogP contribution >= 0.6 is 0 Å². The van der Waals surface area contributed by atoms with Gasteiger partial charge in [-0.05, 0) is 52.2 Å². The highest BCUT2D eigenvalue weighted by molar-refractivity contribution is 5.81. The van der Waals surface area contributed by atoms with E-state index in [1.54, 1.807) is 0 Å². The van der Waals surface area contributed by atoms with Gasteiger partial charge in [0.15, 0.2) is 5.96 Å². The van der Waals surface area contributed by atoms with Crippen molar-refractivity contribution in [1.29, 1.82) is 0 Å². The van der Waals surface area contributed by atoms with Crippen molar-refractivity contribution in [3.05, 3.63) is 29.3 Å². The number of rotatable bonds is 11. The van der Waals surface area contributed by atoms with Crippen LogP contribution in [0.2, 0.25) is 0 Å². The van der Waals surface area contributed by atoms with Crippen LogP contribution in [0.25, 0.3) is 0 Å². The lowest BCUT2D eigenvalue weighted by molar-refractivity contribution is -0.130. The Morgan fingerprint density at radius 1 is 1.27 bits per heavy atom. The monoisotopic (exact) mass is 418 g/mol. The summed E-state index contributed by atoms with van der Waals surface area (Å²) in [5, 5.41) is 6.51. The highest BCUT2D eigenvalue weighted by Crippen LogP contribution is 2.23. The van der Waals surface area contributed by atoms with E-state index in [-0.39, 0.29) is 12.0 Å². The second-order valence-corrected chi connectivity index (χ2v) is 7.50. The van der Waals surface area contributed by atoms with Gasteiger partial charge in [-0.1, -0.05) is 12.1 Å². The van der Waals surface area contributed by atoms with Crippen LogP contribution in [0.5, 0.6) is 5.75 Å². The molecule has 1 aromatic carbocycles. The van der Waals surface area contributed by atoms with Crippen molar-refractivity contribution in [2.45, 2.75) is 59.6 Å². The summed E-state index contributed by atoms with van der Waals surface area (Å²) in [7, 11) is 0. The van der Waals surface area contributed by atoms with Crippen LogP contribution < -0.4 is 15.4 Å². The van der Waals surface area contributed by atoms with Crippen molar-refractivity contribution in [2.24, 2.45) is 4.99 Å². The van der Waals surface area contributed by atoms with E-state index in [2.05, 4.69) is 35.8 Å². The minimum Gasteiger partial charge on any atom is -0.491 e. The Morgan fingerprint density at radius 3 is 2.73 bits per heavy atom. The number of carbonyl (C=O) groups is 1. The van der Waals surface area contributed by atoms with Crippen LogP contribution in [0, 0.1) is 6.92 Å². The molecule has 2 rings (SSSR count). The molecular weight excluding hydrogens is 380 g/mol. The van der Waals surface area contributed by atoms with E-state index in [9.17, 15) is 4.79 Å². The van der Waals surface area contributed by atoms with Gasteiger partial charge in [-0.25, -0.2) is 4.99 Å². The zero-order valence-corrected chi connectivity index (χ0v) is 19.0. The number of hydrogen-bond acceptors (Lipinski definition) is 4. The number of guanidine groups is 1. The third kappa shape index (κ3) is 7.86. The molecule has 0 saturated carbocycles. The van der Waals surface area contributed by atoms with E-state index in [0.29, 0.717) is 32.1 Å². The molecule has 1 amide bonds. The van der Waals surface area contributed by atoms with Crippen molar-refractivity contribution < 1.29 is 14.3 Å². The lowest BCUT2D eigenvalue weighted by atomic mass is 10.1. The Balaban J connectivity index is 1.94. The second-order valence-electron chi connectivity index (χ2n) is 7.50. The van der Waals surface area contributed by atoms with Crippen molar-refractivity contribution in [2.75, 3.05) is 39.4 Å². The van der Waals surface area contributed by atoms with Gasteiger partial charge in [0.25, 0.3) is 0 Å². The molecule has 7 nitrogen and oxygen atoms in total. The van der Waals surface area contributed by atoms with E-state index in [4.69, 9.17) is 14.5 Å². The molecule has 1 saturated heterocycles. The van der Waals surface area contributed by atoms with E-state index >= 15 is 0 Å². The van der Waals surface area contributed by atoms with Crippen molar-refractivity contribution in [1.82, 2.24) is 15.5 Å². The predicted molar refractivity (Wildman–Crippen MR) is 121 cm³/mol. The lowest BCUT2D eigenvalue weighted by Crippen LogP contribution is -2.40. The average molecular weight is 419 g/mol. The molecule has 1 aliphatic rings. The standard InChI is InChI=1S/C23H38N4O3/c1-5-24-23(25-13-12-22(28)27(6-2)7-3)26-16-19-11-10-18(4)15-21(19)30-17-20-9-8-14-29-20/h10-11,15,20H,5-9,12-14,16-17H2,1-4H3,(H2,24,25,26). The minimum absolute atomic E-state index is 0.159. The molecule has 1 atom stereocenters. The first-order chi connectivity index (χ1) is 14.6. The quantitative estimate of drug-likeness (QED) is 0.427. The first-order valence-electron chi connectivity index (χ1n) is 11.2. The van der Waals surface area contributed by atoms with E-state index in [0.717, 1.165) is 56.0 Å². The fraction of sp³-hybridized carbons (Fsp3) is 0.652. The molecule has 0 bridgehead atoms. The average Bonchev–Trinajstić information content (AvgIpc) is 3.26. The number of hydrogen-bond donors (Lipinski definition) is 2. The molecule has 0 radical (unpaired) electrons. The van der Waals surface area contributed by atoms with Gasteiger partial charge in [-0.3, -0.25) is 4.79 Å². The smallest absolute Gasteiger partial charge is 0.224 e. The summed E-state index contributed by atoms with van der Waals surface area (Å²) in [6, 6.07) is 6.20. The number of nitrogens with one attached hydrogen (secondary N) is 2. The van der Waals surface area contributed by atoms with E-state index in [1.807, 2.05) is 25.7 Å². The molecule has 7 heteroatoms. The van der Waals surface area contributed by atoms with Crippen LogP contribution in [0.1, 0.15) is 51.2 Å². The summed E-state index contributed by atoms with van der Waals surface area (Å²) in [6.07, 6.45) is 2.80. The summed E-state index contributed by atoms with van der Waals surface area (Å²) in [5.74, 6) is 1.73. The SMILES string of the molecule is CCNC(=NCc1ccc(C)cc1OCC1CCCO1)NCCC(=O)N(CC)CC. The number of nitrogens with zero attached hydrogens (tertiary/aromatic N) is 2. The first-order valence-corrected chi connectivity index (χ1v) is 11.2. The normalized spacial score (nSPS) is 16.4. The molecule has 2 N–H and O–H groups in total. The summed E-state index contributed by atoms with van der Waals surface area (Å²) in [6.45, 7) is 12.8. The maximum atomic E-state index is 12.2. The Bertz CT molecular complexity index is 683. The van der Waals surface area contributed by atoms with Gasteiger partial charge in [0.05, 0.1) is 12.6 Å². The number of amides is 1. The summed E-state index contributed by atoms with van der Waals surface area (Å²) in [5.41, 5.74) is 2.19. The fourth-order valence-corrected chi connectivity index (χ4v) is 3.41. The Kier molecular flexibility index (Phi) is 10.5. The number of ether oxygens (including phenoxy) is 2. The van der Waals surface area contributed by atoms with Crippen molar-refractivity contribution in [3.63, 3.8) is 0 Å². The maximum absolute atomic E-state index is 12.2. The molecule has 30 heavy (non-hydrogen) atoms.